The van der Waals surface area contributed by atoms with Gasteiger partial charge in [0, 0.05) is 34.8 Å². The predicted molar refractivity (Wildman–Crippen MR) is 169 cm³/mol. The molecular formula is C35H37N5O4. The molecule has 0 spiro atoms. The van der Waals surface area contributed by atoms with Crippen molar-refractivity contribution in [2.24, 2.45) is 0 Å². The minimum atomic E-state index is -0.977. The third kappa shape index (κ3) is 6.13. The van der Waals surface area contributed by atoms with E-state index in [4.69, 9.17) is 9.84 Å². The van der Waals surface area contributed by atoms with Crippen molar-refractivity contribution in [3.63, 3.8) is 0 Å². The van der Waals surface area contributed by atoms with Gasteiger partial charge >= 0.3 is 5.97 Å². The molecule has 2 amide bonds. The summed E-state index contributed by atoms with van der Waals surface area (Å²) < 4.78 is 6.85. The summed E-state index contributed by atoms with van der Waals surface area (Å²) in [5.41, 5.74) is 2.80. The van der Waals surface area contributed by atoms with Crippen LogP contribution in [0.3, 0.4) is 0 Å². The summed E-state index contributed by atoms with van der Waals surface area (Å²) >= 11 is 0. The molecule has 0 radical (unpaired) electrons. The second kappa shape index (κ2) is 12.8. The lowest BCUT2D eigenvalue weighted by molar-refractivity contribution is -0.137. The topological polar surface area (TPSA) is 115 Å². The lowest BCUT2D eigenvalue weighted by Gasteiger charge is -2.40. The van der Waals surface area contributed by atoms with Crippen LogP contribution in [0.4, 0.5) is 5.69 Å². The molecule has 4 aromatic rings. The van der Waals surface area contributed by atoms with E-state index >= 15 is 0 Å². The van der Waals surface area contributed by atoms with Crippen LogP contribution in [-0.2, 0) is 14.3 Å². The zero-order chi connectivity index (χ0) is 30.5. The zero-order valence-corrected chi connectivity index (χ0v) is 24.9. The van der Waals surface area contributed by atoms with Crippen LogP contribution in [0.1, 0.15) is 85.8 Å². The molecule has 226 valence electrons. The minimum Gasteiger partial charge on any atom is -0.463 e. The third-order valence-corrected chi connectivity index (χ3v) is 8.69. The van der Waals surface area contributed by atoms with E-state index in [1.807, 2.05) is 41.1 Å². The number of hydrogen-bond acceptors (Lipinski definition) is 6. The van der Waals surface area contributed by atoms with Gasteiger partial charge in [-0.25, -0.2) is 14.5 Å². The molecule has 2 aliphatic rings. The number of nitrogens with zero attached hydrogens (tertiary/aromatic N) is 3. The number of rotatable bonds is 9. The number of carbonyl (C=O) groups is 3. The molecule has 0 atom stereocenters. The average molecular weight is 592 g/mol. The minimum absolute atomic E-state index is 0.244. The Kier molecular flexibility index (Phi) is 8.54. The van der Waals surface area contributed by atoms with Crippen LogP contribution in [0.5, 0.6) is 0 Å². The van der Waals surface area contributed by atoms with Gasteiger partial charge in [-0.3, -0.25) is 9.59 Å². The molecule has 2 aliphatic carbocycles. The van der Waals surface area contributed by atoms with E-state index in [2.05, 4.69) is 15.6 Å². The van der Waals surface area contributed by atoms with Crippen molar-refractivity contribution in [2.75, 3.05) is 11.9 Å². The van der Waals surface area contributed by atoms with Gasteiger partial charge < -0.3 is 15.4 Å². The number of ether oxygens (including phenoxy) is 1. The van der Waals surface area contributed by atoms with Gasteiger partial charge in [0.25, 0.3) is 5.91 Å². The quantitative estimate of drug-likeness (QED) is 0.174. The molecule has 44 heavy (non-hydrogen) atoms. The highest BCUT2D eigenvalue weighted by molar-refractivity contribution is 6.05. The second-order valence-corrected chi connectivity index (χ2v) is 11.6. The summed E-state index contributed by atoms with van der Waals surface area (Å²) in [6.45, 7) is 2.07. The monoisotopic (exact) mass is 591 g/mol. The Morgan fingerprint density at radius 3 is 2.48 bits per heavy atom. The summed E-state index contributed by atoms with van der Waals surface area (Å²) in [6, 6.07) is 18.6. The number of hydrogen-bond donors (Lipinski definition) is 2. The normalized spacial score (nSPS) is 16.4. The first-order valence-corrected chi connectivity index (χ1v) is 15.5. The fourth-order valence-electron chi connectivity index (χ4n) is 6.18. The van der Waals surface area contributed by atoms with Gasteiger partial charge in [0.2, 0.25) is 5.91 Å². The molecule has 6 rings (SSSR count). The van der Waals surface area contributed by atoms with Crippen LogP contribution in [0.15, 0.2) is 72.9 Å². The van der Waals surface area contributed by atoms with Crippen molar-refractivity contribution in [2.45, 2.75) is 69.7 Å². The highest BCUT2D eigenvalue weighted by Crippen LogP contribution is 2.38. The Labute approximate surface area is 256 Å². The fraction of sp³-hybridized carbons (Fsp3) is 0.343. The number of nitrogens with one attached hydrogen (secondary N) is 2. The number of carbonyl (C=O) groups excluding carboxylic acids is 3. The molecule has 9 heteroatoms. The molecule has 2 N–H and O–H groups in total. The van der Waals surface area contributed by atoms with Gasteiger partial charge in [-0.2, -0.15) is 5.10 Å². The Balaban J connectivity index is 1.19. The Hall–Kier alpha value is -4.79. The van der Waals surface area contributed by atoms with Crippen LogP contribution in [0.25, 0.3) is 22.8 Å². The van der Waals surface area contributed by atoms with Gasteiger partial charge in [0.1, 0.15) is 5.54 Å². The molecular weight excluding hydrogens is 554 g/mol. The molecule has 2 aromatic heterocycles. The van der Waals surface area contributed by atoms with E-state index in [1.54, 1.807) is 43.5 Å². The molecule has 9 nitrogen and oxygen atoms in total. The molecule has 2 aromatic carbocycles. The van der Waals surface area contributed by atoms with Crippen molar-refractivity contribution in [1.29, 1.82) is 0 Å². The fourth-order valence-corrected chi connectivity index (χ4v) is 6.18. The molecule has 2 heterocycles. The molecule has 0 saturated heterocycles. The molecule has 0 unspecified atom stereocenters. The average Bonchev–Trinajstić information content (AvgIpc) is 3.42. The van der Waals surface area contributed by atoms with Crippen LogP contribution < -0.4 is 10.6 Å². The lowest BCUT2D eigenvalue weighted by atomic mass is 9.75. The van der Waals surface area contributed by atoms with E-state index in [9.17, 15) is 14.4 Å². The number of fused-ring (bicyclic) bond motifs is 1. The number of aromatic nitrogens is 3. The van der Waals surface area contributed by atoms with Crippen LogP contribution >= 0.6 is 0 Å². The maximum atomic E-state index is 13.6. The number of benzene rings is 2. The zero-order valence-electron chi connectivity index (χ0n) is 24.9. The van der Waals surface area contributed by atoms with Crippen LogP contribution in [-0.4, -0.2) is 44.7 Å². The van der Waals surface area contributed by atoms with Crippen molar-refractivity contribution in [3.8, 4) is 5.82 Å². The number of anilines is 1. The lowest BCUT2D eigenvalue weighted by Crippen LogP contribution is -2.61. The Morgan fingerprint density at radius 2 is 1.80 bits per heavy atom. The van der Waals surface area contributed by atoms with Gasteiger partial charge in [-0.1, -0.05) is 43.5 Å². The number of amides is 2. The SMILES string of the molecule is CCOC(=O)/C=C/c1ccc(NC(=O)C2(NC(=O)c3ccc4c(C5CCCCC5)n(-c5ccccn5)nc4c3)CCC2)cc1. The first kappa shape index (κ1) is 29.3. The first-order chi connectivity index (χ1) is 21.5. The number of esters is 1. The summed E-state index contributed by atoms with van der Waals surface area (Å²) in [5.74, 6) is 0.209. The van der Waals surface area contributed by atoms with E-state index in [0.29, 0.717) is 36.6 Å². The Morgan fingerprint density at radius 1 is 1.00 bits per heavy atom. The third-order valence-electron chi connectivity index (χ3n) is 8.69. The molecule has 2 fully saturated rings. The van der Waals surface area contributed by atoms with Crippen LogP contribution in [0.2, 0.25) is 0 Å². The van der Waals surface area contributed by atoms with Gasteiger partial charge in [0.05, 0.1) is 17.8 Å². The highest BCUT2D eigenvalue weighted by atomic mass is 16.5. The second-order valence-electron chi connectivity index (χ2n) is 11.6. The Bertz CT molecular complexity index is 1680. The summed E-state index contributed by atoms with van der Waals surface area (Å²) in [7, 11) is 0. The molecule has 0 bridgehead atoms. The van der Waals surface area contributed by atoms with E-state index in [-0.39, 0.29) is 11.8 Å². The predicted octanol–water partition coefficient (Wildman–Crippen LogP) is 6.34. The van der Waals surface area contributed by atoms with Crippen molar-refractivity contribution >= 4 is 40.4 Å². The standard InChI is InChI=1S/C35H37N5O4/c1-2-44-31(41)19-14-24-12-16-27(17-13-24)37-34(43)35(20-8-21-35)38-33(42)26-15-18-28-29(23-26)39-40(30-11-6-7-22-36-30)32(28)25-9-4-3-5-10-25/h6-7,11-19,22-23,25H,2-5,8-10,20-21H2,1H3,(H,37,43)(H,38,42)/b19-14+. The summed E-state index contributed by atoms with van der Waals surface area (Å²) in [5, 5.41) is 12.0. The van der Waals surface area contributed by atoms with Crippen molar-refractivity contribution in [1.82, 2.24) is 20.1 Å². The van der Waals surface area contributed by atoms with E-state index in [1.165, 1.54) is 25.3 Å². The van der Waals surface area contributed by atoms with E-state index in [0.717, 1.165) is 47.2 Å². The first-order valence-electron chi connectivity index (χ1n) is 15.5. The largest absolute Gasteiger partial charge is 0.463 e. The smallest absolute Gasteiger partial charge is 0.330 e. The number of pyridine rings is 1. The molecule has 0 aliphatic heterocycles. The van der Waals surface area contributed by atoms with Crippen molar-refractivity contribution in [3.05, 3.63) is 89.8 Å². The maximum Gasteiger partial charge on any atom is 0.330 e. The van der Waals surface area contributed by atoms with Crippen LogP contribution in [0, 0.1) is 0 Å². The highest BCUT2D eigenvalue weighted by Gasteiger charge is 2.45. The van der Waals surface area contributed by atoms with Crippen molar-refractivity contribution < 1.29 is 19.1 Å². The maximum absolute atomic E-state index is 13.6. The van der Waals surface area contributed by atoms with E-state index < -0.39 is 11.5 Å². The van der Waals surface area contributed by atoms with Gasteiger partial charge in [-0.15, -0.1) is 0 Å². The van der Waals surface area contributed by atoms with Gasteiger partial charge in [-0.05, 0) is 87.1 Å². The molecule has 2 saturated carbocycles. The van der Waals surface area contributed by atoms with Gasteiger partial charge in [0.15, 0.2) is 5.82 Å². The summed E-state index contributed by atoms with van der Waals surface area (Å²) in [4.78, 5) is 43.1. The summed E-state index contributed by atoms with van der Waals surface area (Å²) in [6.07, 6.45) is 12.6.